The molecule has 3 aliphatic carbocycles. The highest BCUT2D eigenvalue weighted by atomic mass is 16.3. The number of likely N-dealkylation sites (tertiary alicyclic amines) is 1. The number of amides is 1. The summed E-state index contributed by atoms with van der Waals surface area (Å²) in [4.78, 5) is 14.3. The number of piperidine rings is 1. The maximum Gasteiger partial charge on any atom is 0.222 e. The molecule has 1 saturated heterocycles. The fourth-order valence-electron chi connectivity index (χ4n) is 8.58. The van der Waals surface area contributed by atoms with Gasteiger partial charge in [-0.15, -0.1) is 0 Å². The van der Waals surface area contributed by atoms with Gasteiger partial charge in [-0.25, -0.2) is 0 Å². The van der Waals surface area contributed by atoms with Crippen molar-refractivity contribution in [3.05, 3.63) is 0 Å². The minimum Gasteiger partial charge on any atom is -0.393 e. The van der Waals surface area contributed by atoms with Crippen LogP contribution in [-0.2, 0) is 4.79 Å². The van der Waals surface area contributed by atoms with Crippen LogP contribution in [0.2, 0.25) is 0 Å². The molecule has 0 bridgehead atoms. The predicted octanol–water partition coefficient (Wildman–Crippen LogP) is 4.09. The van der Waals surface area contributed by atoms with E-state index in [1.165, 1.54) is 32.1 Å². The molecule has 1 amide bonds. The zero-order valence-corrected chi connectivity index (χ0v) is 16.8. The summed E-state index contributed by atoms with van der Waals surface area (Å²) in [5.74, 6) is 3.77. The molecule has 3 nitrogen and oxygen atoms in total. The Morgan fingerprint density at radius 1 is 1.12 bits per heavy atom. The van der Waals surface area contributed by atoms with Crippen LogP contribution in [0.5, 0.6) is 0 Å². The van der Waals surface area contributed by atoms with Gasteiger partial charge in [0.1, 0.15) is 0 Å². The molecule has 0 aromatic rings. The van der Waals surface area contributed by atoms with E-state index in [9.17, 15) is 9.90 Å². The Hall–Kier alpha value is -0.570. The molecular formula is C22H37NO2. The van der Waals surface area contributed by atoms with E-state index in [4.69, 9.17) is 0 Å². The number of aliphatic hydroxyl groups excluding tert-OH is 1. The van der Waals surface area contributed by atoms with Crippen LogP contribution >= 0.6 is 0 Å². The third-order valence-corrected chi connectivity index (χ3v) is 9.51. The topological polar surface area (TPSA) is 40.5 Å². The molecular weight excluding hydrogens is 310 g/mol. The Labute approximate surface area is 153 Å². The first-order valence-electron chi connectivity index (χ1n) is 10.6. The molecule has 1 heterocycles. The van der Waals surface area contributed by atoms with E-state index < -0.39 is 0 Å². The van der Waals surface area contributed by atoms with Crippen LogP contribution in [0, 0.1) is 40.4 Å². The molecule has 1 N–H and O–H groups in total. The summed E-state index contributed by atoms with van der Waals surface area (Å²) in [7, 11) is 2.04. The smallest absolute Gasteiger partial charge is 0.222 e. The molecule has 1 aliphatic heterocycles. The lowest BCUT2D eigenvalue weighted by molar-refractivity contribution is -0.159. The van der Waals surface area contributed by atoms with E-state index in [-0.39, 0.29) is 6.10 Å². The highest BCUT2D eigenvalue weighted by Gasteiger charge is 2.62. The van der Waals surface area contributed by atoms with Crippen LogP contribution in [0.4, 0.5) is 0 Å². The number of aliphatic hydroxyl groups is 1. The van der Waals surface area contributed by atoms with Crippen molar-refractivity contribution in [3.63, 3.8) is 0 Å². The van der Waals surface area contributed by atoms with Crippen LogP contribution in [0.25, 0.3) is 0 Å². The van der Waals surface area contributed by atoms with E-state index in [1.54, 1.807) is 0 Å². The Kier molecular flexibility index (Phi) is 4.07. The number of carbonyl (C=O) groups excluding carboxylic acids is 1. The monoisotopic (exact) mass is 347 g/mol. The zero-order chi connectivity index (χ0) is 18.1. The lowest BCUT2D eigenvalue weighted by Crippen LogP contribution is -2.61. The summed E-state index contributed by atoms with van der Waals surface area (Å²) in [5.41, 5.74) is 0.618. The second kappa shape index (κ2) is 5.71. The van der Waals surface area contributed by atoms with E-state index in [1.807, 2.05) is 14.0 Å². The van der Waals surface area contributed by atoms with E-state index in [0.717, 1.165) is 30.6 Å². The molecule has 142 valence electrons. The minimum absolute atomic E-state index is 0.188. The highest BCUT2D eigenvalue weighted by molar-refractivity contribution is 5.77. The first-order valence-corrected chi connectivity index (χ1v) is 10.6. The van der Waals surface area contributed by atoms with E-state index >= 15 is 0 Å². The third-order valence-electron chi connectivity index (χ3n) is 9.51. The van der Waals surface area contributed by atoms with Crippen LogP contribution < -0.4 is 0 Å². The lowest BCUT2D eigenvalue weighted by Gasteiger charge is -2.62. The average Bonchev–Trinajstić information content (AvgIpc) is 2.81. The van der Waals surface area contributed by atoms with Gasteiger partial charge in [-0.3, -0.25) is 4.79 Å². The summed E-state index contributed by atoms with van der Waals surface area (Å²) in [6.07, 6.45) is 7.95. The summed E-state index contributed by atoms with van der Waals surface area (Å²) in [6, 6.07) is 0.450. The first kappa shape index (κ1) is 17.8. The second-order valence-corrected chi connectivity index (χ2v) is 10.5. The number of nitrogens with zero attached hydrogens (tertiary/aromatic N) is 1. The largest absolute Gasteiger partial charge is 0.393 e. The van der Waals surface area contributed by atoms with Crippen LogP contribution in [0.1, 0.15) is 72.6 Å². The van der Waals surface area contributed by atoms with Crippen molar-refractivity contribution < 1.29 is 9.90 Å². The Balaban J connectivity index is 1.65. The average molecular weight is 348 g/mol. The summed E-state index contributed by atoms with van der Waals surface area (Å²) in [5, 5.41) is 10.5. The maximum absolute atomic E-state index is 12.2. The highest BCUT2D eigenvalue weighted by Crippen LogP contribution is 2.67. The number of carbonyl (C=O) groups is 1. The Morgan fingerprint density at radius 2 is 1.84 bits per heavy atom. The first-order chi connectivity index (χ1) is 11.7. The molecule has 3 saturated carbocycles. The Bertz CT molecular complexity index is 560. The van der Waals surface area contributed by atoms with Crippen molar-refractivity contribution >= 4 is 5.91 Å². The molecule has 1 unspecified atom stereocenters. The number of hydrogen-bond acceptors (Lipinski definition) is 2. The molecule has 0 aromatic carbocycles. The van der Waals surface area contributed by atoms with Gasteiger partial charge in [-0.05, 0) is 85.9 Å². The van der Waals surface area contributed by atoms with Gasteiger partial charge in [0.2, 0.25) is 5.91 Å². The molecule has 3 heteroatoms. The Morgan fingerprint density at radius 3 is 2.52 bits per heavy atom. The number of hydrogen-bond donors (Lipinski definition) is 1. The molecule has 9 atom stereocenters. The van der Waals surface area contributed by atoms with Crippen molar-refractivity contribution in [3.8, 4) is 0 Å². The minimum atomic E-state index is -0.188. The molecule has 4 rings (SSSR count). The van der Waals surface area contributed by atoms with Crippen LogP contribution in [0.3, 0.4) is 0 Å². The van der Waals surface area contributed by atoms with Crippen LogP contribution in [-0.4, -0.2) is 35.1 Å². The molecule has 0 radical (unpaired) electrons. The second-order valence-electron chi connectivity index (χ2n) is 10.5. The molecule has 0 spiro atoms. The van der Waals surface area contributed by atoms with Gasteiger partial charge in [0.15, 0.2) is 0 Å². The summed E-state index contributed by atoms with van der Waals surface area (Å²) in [6.45, 7) is 9.36. The molecule has 25 heavy (non-hydrogen) atoms. The van der Waals surface area contributed by atoms with Gasteiger partial charge >= 0.3 is 0 Å². The molecule has 4 aliphatic rings. The van der Waals surface area contributed by atoms with Gasteiger partial charge in [-0.1, -0.05) is 20.8 Å². The lowest BCUT2D eigenvalue weighted by atomic mass is 9.46. The molecule has 0 aromatic heterocycles. The fourth-order valence-corrected chi connectivity index (χ4v) is 8.58. The normalized spacial score (nSPS) is 53.8. The standard InChI is InChI=1S/C22H37NO2/c1-13-12-17-15-6-7-18-21(3,11-9-19(25)23(18)5)16(15)8-10-22(17,4)20(13)14(2)24/h13-18,20,24H,6-12H2,1-5H3/t13-,14?,15+,16-,17-,18+,20+,21+,22-/m0/s1. The fraction of sp³-hybridized carbons (Fsp3) is 0.955. The third kappa shape index (κ3) is 2.30. The van der Waals surface area contributed by atoms with E-state index in [0.29, 0.717) is 34.6 Å². The van der Waals surface area contributed by atoms with Gasteiger partial charge in [0.05, 0.1) is 6.10 Å². The zero-order valence-electron chi connectivity index (χ0n) is 16.8. The van der Waals surface area contributed by atoms with Gasteiger partial charge in [0, 0.05) is 19.5 Å². The SMILES string of the molecule is CC(O)[C@H]1[C@@H](C)C[C@H]2[C@@H]3CC[C@H]4N(C)C(=O)CC[C@]4(C)[C@H]3CC[C@@]21C. The molecule has 4 fully saturated rings. The van der Waals surface area contributed by atoms with Crippen molar-refractivity contribution in [1.82, 2.24) is 4.90 Å². The predicted molar refractivity (Wildman–Crippen MR) is 99.9 cm³/mol. The van der Waals surface area contributed by atoms with Crippen LogP contribution in [0.15, 0.2) is 0 Å². The van der Waals surface area contributed by atoms with Gasteiger partial charge < -0.3 is 10.0 Å². The number of rotatable bonds is 1. The van der Waals surface area contributed by atoms with Crippen molar-refractivity contribution in [1.29, 1.82) is 0 Å². The van der Waals surface area contributed by atoms with E-state index in [2.05, 4.69) is 25.7 Å². The number of fused-ring (bicyclic) bond motifs is 5. The van der Waals surface area contributed by atoms with Crippen molar-refractivity contribution in [2.24, 2.45) is 40.4 Å². The van der Waals surface area contributed by atoms with Crippen molar-refractivity contribution in [2.45, 2.75) is 84.8 Å². The maximum atomic E-state index is 12.2. The van der Waals surface area contributed by atoms with Gasteiger partial charge in [0.25, 0.3) is 0 Å². The summed E-state index contributed by atoms with van der Waals surface area (Å²) < 4.78 is 0. The quantitative estimate of drug-likeness (QED) is 0.776. The van der Waals surface area contributed by atoms with Gasteiger partial charge in [-0.2, -0.15) is 0 Å². The van der Waals surface area contributed by atoms with Crippen molar-refractivity contribution in [2.75, 3.05) is 7.05 Å². The summed E-state index contributed by atoms with van der Waals surface area (Å²) >= 11 is 0.